The normalized spacial score (nSPS) is 17.7. The fourth-order valence-electron chi connectivity index (χ4n) is 4.66. The maximum absolute atomic E-state index is 13.8. The van der Waals surface area contributed by atoms with Crippen molar-refractivity contribution in [1.82, 2.24) is 0 Å². The molecule has 1 aliphatic rings. The summed E-state index contributed by atoms with van der Waals surface area (Å²) in [5.41, 5.74) is 1.60. The van der Waals surface area contributed by atoms with E-state index in [0.29, 0.717) is 36.0 Å². The molecule has 3 rings (SSSR count). The predicted molar refractivity (Wildman–Crippen MR) is 166 cm³/mol. The number of benzene rings is 2. The molecule has 2 aromatic rings. The zero-order valence-corrected chi connectivity index (χ0v) is 28.6. The van der Waals surface area contributed by atoms with Gasteiger partial charge >= 0.3 is 0 Å². The van der Waals surface area contributed by atoms with Crippen LogP contribution in [-0.2, 0) is 19.0 Å². The number of hydrogen-bond donors (Lipinski definition) is 0. The molecule has 1 heterocycles. The van der Waals surface area contributed by atoms with Crippen molar-refractivity contribution in [1.29, 1.82) is 0 Å². The Kier molecular flexibility index (Phi) is 11.2. The van der Waals surface area contributed by atoms with E-state index in [1.165, 1.54) is 7.11 Å². The van der Waals surface area contributed by atoms with Crippen LogP contribution in [0.25, 0.3) is 0 Å². The van der Waals surface area contributed by atoms with E-state index in [4.69, 9.17) is 32.8 Å². The Morgan fingerprint density at radius 1 is 0.810 bits per heavy atom. The Balaban J connectivity index is 1.95. The lowest BCUT2D eigenvalue weighted by molar-refractivity contribution is 0.0435. The van der Waals surface area contributed by atoms with E-state index in [9.17, 15) is 8.42 Å². The van der Waals surface area contributed by atoms with Gasteiger partial charge in [-0.25, -0.2) is 8.42 Å². The summed E-state index contributed by atoms with van der Waals surface area (Å²) in [7, 11) is 0.342. The molecule has 2 atom stereocenters. The van der Waals surface area contributed by atoms with E-state index in [2.05, 4.69) is 33.9 Å². The average molecular weight is 625 g/mol. The van der Waals surface area contributed by atoms with Crippen LogP contribution in [0.1, 0.15) is 70.3 Å². The van der Waals surface area contributed by atoms with Crippen LogP contribution in [0.15, 0.2) is 29.2 Å². The summed E-state index contributed by atoms with van der Waals surface area (Å²) in [5.74, 6) is 2.05. The van der Waals surface area contributed by atoms with Crippen molar-refractivity contribution in [3.8, 4) is 28.7 Å². The molecule has 1 aliphatic heterocycles. The van der Waals surface area contributed by atoms with E-state index < -0.39 is 18.2 Å². The van der Waals surface area contributed by atoms with E-state index in [-0.39, 0.29) is 40.3 Å². The predicted octanol–water partition coefficient (Wildman–Crippen LogP) is 6.90. The Morgan fingerprint density at radius 3 is 1.76 bits per heavy atom. The van der Waals surface area contributed by atoms with Gasteiger partial charge in [0.05, 0.1) is 53.0 Å². The lowest BCUT2D eigenvalue weighted by atomic mass is 10.0. The second-order valence-electron chi connectivity index (χ2n) is 12.0. The third kappa shape index (κ3) is 7.53. The molecule has 0 aliphatic carbocycles. The molecule has 0 spiro atoms. The van der Waals surface area contributed by atoms with Crippen LogP contribution in [0.4, 0.5) is 0 Å². The third-order valence-corrected chi connectivity index (χ3v) is 14.3. The highest BCUT2D eigenvalue weighted by Gasteiger charge is 2.38. The first-order valence-electron chi connectivity index (χ1n) is 14.4. The van der Waals surface area contributed by atoms with Crippen LogP contribution >= 0.6 is 0 Å². The monoisotopic (exact) mass is 624 g/mol. The van der Waals surface area contributed by atoms with Gasteiger partial charge in [-0.15, -0.1) is 0 Å². The lowest BCUT2D eigenvalue weighted by Gasteiger charge is -2.36. The van der Waals surface area contributed by atoms with Crippen molar-refractivity contribution in [3.05, 3.63) is 35.4 Å². The summed E-state index contributed by atoms with van der Waals surface area (Å²) in [6, 6.07) is 7.26. The second-order valence-corrected chi connectivity index (χ2v) is 18.9. The molecule has 0 bridgehead atoms. The van der Waals surface area contributed by atoms with Crippen LogP contribution < -0.4 is 23.7 Å². The molecular weight excluding hydrogens is 576 g/mol. The Morgan fingerprint density at radius 2 is 1.31 bits per heavy atom. The first-order valence-corrected chi connectivity index (χ1v) is 19.0. The van der Waals surface area contributed by atoms with Crippen LogP contribution in [0.5, 0.6) is 28.7 Å². The summed E-state index contributed by atoms with van der Waals surface area (Å²) in [6.45, 7) is 13.1. The van der Waals surface area contributed by atoms with Crippen molar-refractivity contribution in [3.63, 3.8) is 0 Å². The molecule has 9 nitrogen and oxygen atoms in total. The van der Waals surface area contributed by atoms with Crippen molar-refractivity contribution in [2.45, 2.75) is 82.2 Å². The Bertz CT molecular complexity index is 1290. The van der Waals surface area contributed by atoms with Crippen molar-refractivity contribution >= 4 is 18.2 Å². The Labute approximate surface area is 252 Å². The zero-order chi connectivity index (χ0) is 31.3. The first-order chi connectivity index (χ1) is 19.7. The molecule has 0 radical (unpaired) electrons. The van der Waals surface area contributed by atoms with Crippen LogP contribution in [0.3, 0.4) is 0 Å². The molecule has 236 valence electrons. The fourth-order valence-corrected chi connectivity index (χ4v) is 7.13. The molecule has 11 heteroatoms. The summed E-state index contributed by atoms with van der Waals surface area (Å²) >= 11 is 0. The van der Waals surface area contributed by atoms with Gasteiger partial charge < -0.3 is 32.8 Å². The maximum Gasteiger partial charge on any atom is 0.203 e. The van der Waals surface area contributed by atoms with Gasteiger partial charge in [0.2, 0.25) is 5.75 Å². The minimum absolute atomic E-state index is 0.0242. The molecule has 1 fully saturated rings. The summed E-state index contributed by atoms with van der Waals surface area (Å²) < 4.78 is 68.4. The minimum Gasteiger partial charge on any atom is -0.493 e. The molecule has 42 heavy (non-hydrogen) atoms. The zero-order valence-electron chi connectivity index (χ0n) is 26.8. The molecule has 2 unspecified atom stereocenters. The standard InChI is InChI=1S/C31H48O9SSi/c1-11-14-38-30-27(36-7)19-22(20-28(30)41(32,33)16-15-39-42(9,10)31(2,3)4)24-13-12-23(40-24)21-17-25(34-5)29(37-8)26(18-21)35-6/h17-20,23-24H,11-16H2,1-10H3. The van der Waals surface area contributed by atoms with Gasteiger partial charge in [-0.3, -0.25) is 0 Å². The summed E-state index contributed by atoms with van der Waals surface area (Å²) in [4.78, 5) is 0.101. The fraction of sp³-hybridized carbons (Fsp3) is 0.613. The maximum atomic E-state index is 13.8. The topological polar surface area (TPSA) is 98.8 Å². The highest BCUT2D eigenvalue weighted by atomic mass is 32.2. The quantitative estimate of drug-likeness (QED) is 0.208. The number of rotatable bonds is 14. The smallest absolute Gasteiger partial charge is 0.203 e. The van der Waals surface area contributed by atoms with E-state index in [0.717, 1.165) is 24.0 Å². The molecule has 2 aromatic carbocycles. The molecular formula is C31H48O9SSi. The largest absolute Gasteiger partial charge is 0.493 e. The number of sulfone groups is 1. The summed E-state index contributed by atoms with van der Waals surface area (Å²) in [6.07, 6.45) is 1.54. The number of hydrogen-bond acceptors (Lipinski definition) is 9. The van der Waals surface area contributed by atoms with Crippen molar-refractivity contribution in [2.24, 2.45) is 0 Å². The van der Waals surface area contributed by atoms with E-state index >= 15 is 0 Å². The third-order valence-electron chi connectivity index (χ3n) is 8.12. The van der Waals surface area contributed by atoms with Crippen molar-refractivity contribution in [2.75, 3.05) is 47.4 Å². The van der Waals surface area contributed by atoms with E-state index in [1.807, 2.05) is 25.1 Å². The van der Waals surface area contributed by atoms with Crippen LogP contribution in [0.2, 0.25) is 18.1 Å². The molecule has 1 saturated heterocycles. The van der Waals surface area contributed by atoms with Crippen LogP contribution in [0, 0.1) is 0 Å². The average Bonchev–Trinajstić information content (AvgIpc) is 3.44. The van der Waals surface area contributed by atoms with Crippen molar-refractivity contribution < 1.29 is 41.3 Å². The first kappa shape index (κ1) is 34.0. The van der Waals surface area contributed by atoms with Gasteiger partial charge in [-0.2, -0.15) is 0 Å². The van der Waals surface area contributed by atoms with Gasteiger partial charge in [-0.05, 0) is 72.8 Å². The van der Waals surface area contributed by atoms with Crippen LogP contribution in [-0.4, -0.2) is 64.1 Å². The van der Waals surface area contributed by atoms with Gasteiger partial charge in [0.25, 0.3) is 0 Å². The minimum atomic E-state index is -3.78. The molecule has 0 N–H and O–H groups in total. The summed E-state index contributed by atoms with van der Waals surface area (Å²) in [5, 5.41) is -0.0242. The lowest BCUT2D eigenvalue weighted by Crippen LogP contribution is -2.41. The second kappa shape index (κ2) is 13.9. The molecule has 0 amide bonds. The SMILES string of the molecule is CCCOc1c(OC)cc(C2CCC(c3cc(OC)c(OC)c(OC)c3)O2)cc1S(=O)(=O)CCO[Si](C)(C)C(C)(C)C. The van der Waals surface area contributed by atoms with E-state index in [1.54, 1.807) is 27.4 Å². The molecule has 0 aromatic heterocycles. The highest BCUT2D eigenvalue weighted by molar-refractivity contribution is 7.91. The van der Waals surface area contributed by atoms with Gasteiger partial charge in [-0.1, -0.05) is 27.7 Å². The highest BCUT2D eigenvalue weighted by Crippen LogP contribution is 2.48. The van der Waals surface area contributed by atoms with Gasteiger partial charge in [0, 0.05) is 6.61 Å². The van der Waals surface area contributed by atoms with Gasteiger partial charge in [0.15, 0.2) is 41.2 Å². The molecule has 0 saturated carbocycles. The number of methoxy groups -OCH3 is 4. The number of ether oxygens (including phenoxy) is 6. The Hall–Kier alpha value is -2.47. The van der Waals surface area contributed by atoms with Gasteiger partial charge in [0.1, 0.15) is 4.90 Å².